The van der Waals surface area contributed by atoms with Gasteiger partial charge in [0.25, 0.3) is 0 Å². The molecule has 0 unspecified atom stereocenters. The minimum absolute atomic E-state index is 0.303. The van der Waals surface area contributed by atoms with E-state index in [9.17, 15) is 4.91 Å². The van der Waals surface area contributed by atoms with Gasteiger partial charge in [0.15, 0.2) is 0 Å². The van der Waals surface area contributed by atoms with Crippen LogP contribution in [0.4, 0.5) is 0 Å². The van der Waals surface area contributed by atoms with Gasteiger partial charge in [-0.1, -0.05) is 60.7 Å². The minimum Gasteiger partial charge on any atom is -0.262 e. The maximum Gasteiger partial charge on any atom is 0.141 e. The normalized spacial score (nSPS) is 11.6. The van der Waals surface area contributed by atoms with Gasteiger partial charge >= 0.3 is 0 Å². The number of hydrogen-bond acceptors (Lipinski definition) is 3. The zero-order valence-electron chi connectivity index (χ0n) is 9.78. The molecule has 0 atom stereocenters. The van der Waals surface area contributed by atoms with Gasteiger partial charge in [-0.25, -0.2) is 0 Å². The van der Waals surface area contributed by atoms with E-state index in [0.29, 0.717) is 11.4 Å². The van der Waals surface area contributed by atoms with Crippen LogP contribution in [0, 0.1) is 4.91 Å². The summed E-state index contributed by atoms with van der Waals surface area (Å²) in [6.45, 7) is 3.52. The molecule has 2 rings (SSSR count). The van der Waals surface area contributed by atoms with Crippen molar-refractivity contribution in [3.8, 4) is 0 Å². The first-order valence-electron chi connectivity index (χ1n) is 5.52. The van der Waals surface area contributed by atoms with E-state index >= 15 is 0 Å². The Bertz CT molecular complexity index is 520. The number of nitroso groups, excluding NO2 is 1. The molecule has 2 aromatic carbocycles. The van der Waals surface area contributed by atoms with Gasteiger partial charge in [-0.05, 0) is 11.9 Å². The molecular weight excluding hydrogens is 224 g/mol. The van der Waals surface area contributed by atoms with E-state index < -0.39 is 0 Å². The molecule has 18 heavy (non-hydrogen) atoms. The number of nitrogens with zero attached hydrogens (tertiary/aromatic N) is 2. The SMILES string of the molecule is C=N/C(=C(\N=O)c1ccccc1)c1ccccc1. The Balaban J connectivity index is 2.61. The average Bonchev–Trinajstić information content (AvgIpc) is 2.46. The summed E-state index contributed by atoms with van der Waals surface area (Å²) in [5.74, 6) is 0. The second-order valence-corrected chi connectivity index (χ2v) is 3.68. The molecule has 0 aliphatic heterocycles. The van der Waals surface area contributed by atoms with Crippen LogP contribution in [0.1, 0.15) is 11.1 Å². The van der Waals surface area contributed by atoms with Crippen LogP contribution in [0.3, 0.4) is 0 Å². The topological polar surface area (TPSA) is 41.8 Å². The summed E-state index contributed by atoms with van der Waals surface area (Å²) >= 11 is 0. The minimum atomic E-state index is 0.303. The zero-order valence-corrected chi connectivity index (χ0v) is 9.78. The lowest BCUT2D eigenvalue weighted by Crippen LogP contribution is -1.87. The molecule has 0 aromatic heterocycles. The maximum absolute atomic E-state index is 11.1. The highest BCUT2D eigenvalue weighted by Gasteiger charge is 2.10. The van der Waals surface area contributed by atoms with Gasteiger partial charge in [-0.3, -0.25) is 4.99 Å². The highest BCUT2D eigenvalue weighted by atomic mass is 16.3. The van der Waals surface area contributed by atoms with Crippen molar-refractivity contribution < 1.29 is 0 Å². The van der Waals surface area contributed by atoms with Gasteiger partial charge in [0.1, 0.15) is 5.70 Å². The van der Waals surface area contributed by atoms with Crippen LogP contribution in [0.5, 0.6) is 0 Å². The van der Waals surface area contributed by atoms with Crippen molar-refractivity contribution in [1.82, 2.24) is 0 Å². The van der Waals surface area contributed by atoms with Crippen LogP contribution < -0.4 is 0 Å². The van der Waals surface area contributed by atoms with Gasteiger partial charge in [0.2, 0.25) is 0 Å². The van der Waals surface area contributed by atoms with E-state index in [1.807, 2.05) is 60.7 Å². The molecule has 0 saturated heterocycles. The molecule has 2 aromatic rings. The summed E-state index contributed by atoms with van der Waals surface area (Å²) in [4.78, 5) is 15.0. The third kappa shape index (κ3) is 2.40. The smallest absolute Gasteiger partial charge is 0.141 e. The molecular formula is C15H12N2O. The van der Waals surface area contributed by atoms with Crippen LogP contribution in [0.15, 0.2) is 70.8 Å². The molecule has 0 radical (unpaired) electrons. The predicted octanol–water partition coefficient (Wildman–Crippen LogP) is 3.98. The van der Waals surface area contributed by atoms with E-state index in [2.05, 4.69) is 16.9 Å². The van der Waals surface area contributed by atoms with Gasteiger partial charge in [-0.15, -0.1) is 4.91 Å². The van der Waals surface area contributed by atoms with Crippen LogP contribution in [-0.4, -0.2) is 6.72 Å². The molecule has 0 aliphatic carbocycles. The summed E-state index contributed by atoms with van der Waals surface area (Å²) in [5, 5.41) is 3.10. The lowest BCUT2D eigenvalue weighted by Gasteiger charge is -2.05. The number of aliphatic imine (C=N–C) groups is 1. The molecule has 0 fully saturated rings. The maximum atomic E-state index is 11.1. The largest absolute Gasteiger partial charge is 0.262 e. The summed E-state index contributed by atoms with van der Waals surface area (Å²) in [7, 11) is 0. The average molecular weight is 236 g/mol. The first kappa shape index (κ1) is 11.9. The Kier molecular flexibility index (Phi) is 3.76. The second-order valence-electron chi connectivity index (χ2n) is 3.68. The molecule has 0 saturated carbocycles. The van der Waals surface area contributed by atoms with E-state index in [1.165, 1.54) is 0 Å². The quantitative estimate of drug-likeness (QED) is 0.449. The van der Waals surface area contributed by atoms with Gasteiger partial charge in [0, 0.05) is 11.1 Å². The number of benzene rings is 2. The molecule has 0 spiro atoms. The van der Waals surface area contributed by atoms with Crippen LogP contribution in [0.2, 0.25) is 0 Å². The molecule has 88 valence electrons. The first-order chi connectivity index (χ1) is 8.86. The Morgan fingerprint density at radius 3 is 1.61 bits per heavy atom. The van der Waals surface area contributed by atoms with Crippen molar-refractivity contribution in [3.63, 3.8) is 0 Å². The van der Waals surface area contributed by atoms with Crippen molar-refractivity contribution in [2.24, 2.45) is 10.2 Å². The van der Waals surface area contributed by atoms with E-state index in [4.69, 9.17) is 0 Å². The fourth-order valence-electron chi connectivity index (χ4n) is 1.73. The third-order valence-electron chi connectivity index (χ3n) is 2.57. The zero-order chi connectivity index (χ0) is 12.8. The van der Waals surface area contributed by atoms with Crippen LogP contribution in [0.25, 0.3) is 11.4 Å². The molecule has 0 aliphatic rings. The van der Waals surface area contributed by atoms with E-state index in [-0.39, 0.29) is 0 Å². The summed E-state index contributed by atoms with van der Waals surface area (Å²) < 4.78 is 0. The monoisotopic (exact) mass is 236 g/mol. The Morgan fingerprint density at radius 2 is 1.22 bits per heavy atom. The highest BCUT2D eigenvalue weighted by molar-refractivity contribution is 5.90. The summed E-state index contributed by atoms with van der Waals surface area (Å²) in [6, 6.07) is 18.7. The molecule has 3 nitrogen and oxygen atoms in total. The Labute approximate surface area is 105 Å². The fourth-order valence-corrected chi connectivity index (χ4v) is 1.73. The Hall–Kier alpha value is -2.55. The van der Waals surface area contributed by atoms with Crippen LogP contribution >= 0.6 is 0 Å². The third-order valence-corrected chi connectivity index (χ3v) is 2.57. The molecule has 0 heterocycles. The molecule has 0 bridgehead atoms. The van der Waals surface area contributed by atoms with Crippen molar-refractivity contribution >= 4 is 18.1 Å². The molecule has 0 amide bonds. The lowest BCUT2D eigenvalue weighted by molar-refractivity contribution is 1.43. The molecule has 0 N–H and O–H groups in total. The standard InChI is InChI=1S/C15H12N2O/c1-16-14(12-8-4-2-5-9-12)15(17-18)13-10-6-3-7-11-13/h2-11H,1H2/b15-14-. The van der Waals surface area contributed by atoms with Crippen molar-refractivity contribution in [2.75, 3.05) is 0 Å². The fraction of sp³-hybridized carbons (Fsp3) is 0. The van der Waals surface area contributed by atoms with Gasteiger partial charge in [-0.2, -0.15) is 0 Å². The summed E-state index contributed by atoms with van der Waals surface area (Å²) in [6.07, 6.45) is 0. The van der Waals surface area contributed by atoms with E-state index in [1.54, 1.807) is 0 Å². The van der Waals surface area contributed by atoms with Gasteiger partial charge < -0.3 is 0 Å². The second kappa shape index (κ2) is 5.68. The number of rotatable bonds is 4. The lowest BCUT2D eigenvalue weighted by atomic mass is 10.1. The van der Waals surface area contributed by atoms with Crippen LogP contribution in [-0.2, 0) is 0 Å². The summed E-state index contributed by atoms with van der Waals surface area (Å²) in [5.41, 5.74) is 2.36. The first-order valence-corrected chi connectivity index (χ1v) is 5.52. The van der Waals surface area contributed by atoms with E-state index in [0.717, 1.165) is 11.1 Å². The van der Waals surface area contributed by atoms with Crippen molar-refractivity contribution in [2.45, 2.75) is 0 Å². The van der Waals surface area contributed by atoms with Gasteiger partial charge in [0.05, 0.1) is 5.70 Å². The number of hydrogen-bond donors (Lipinski definition) is 0. The Morgan fingerprint density at radius 1 is 0.778 bits per heavy atom. The highest BCUT2D eigenvalue weighted by Crippen LogP contribution is 2.27. The molecule has 3 heteroatoms. The predicted molar refractivity (Wildman–Crippen MR) is 75.0 cm³/mol. The van der Waals surface area contributed by atoms with Crippen molar-refractivity contribution in [1.29, 1.82) is 0 Å². The van der Waals surface area contributed by atoms with Crippen molar-refractivity contribution in [3.05, 3.63) is 76.7 Å².